The molecule has 4 heterocycles. The van der Waals surface area contributed by atoms with Gasteiger partial charge in [0.1, 0.15) is 35.3 Å². The van der Waals surface area contributed by atoms with Crippen LogP contribution in [0.1, 0.15) is 38.4 Å². The average molecular weight is 466 g/mol. The molecule has 12 heteroatoms. The van der Waals surface area contributed by atoms with Crippen molar-refractivity contribution in [3.63, 3.8) is 0 Å². The molecule has 0 saturated carbocycles. The Labute approximate surface area is 191 Å². The second-order valence-electron chi connectivity index (χ2n) is 8.92. The fourth-order valence-electron chi connectivity index (χ4n) is 3.74. The van der Waals surface area contributed by atoms with E-state index >= 15 is 0 Å². The van der Waals surface area contributed by atoms with Crippen molar-refractivity contribution < 1.29 is 19.1 Å². The first-order valence-corrected chi connectivity index (χ1v) is 11.0. The summed E-state index contributed by atoms with van der Waals surface area (Å²) in [6, 6.07) is 0. The van der Waals surface area contributed by atoms with Crippen molar-refractivity contribution in [2.75, 3.05) is 39.3 Å². The van der Waals surface area contributed by atoms with Crippen LogP contribution in [0.3, 0.4) is 0 Å². The van der Waals surface area contributed by atoms with Gasteiger partial charge in [-0.2, -0.15) is 4.98 Å². The van der Waals surface area contributed by atoms with Crippen LogP contribution in [0.25, 0.3) is 11.2 Å². The second kappa shape index (κ2) is 8.80. The van der Waals surface area contributed by atoms with Gasteiger partial charge in [-0.1, -0.05) is 0 Å². The molecule has 1 unspecified atom stereocenters. The highest BCUT2D eigenvalue weighted by molar-refractivity contribution is 6.28. The SMILES string of the molecule is Cn1c(CN2CCN(C(=O)OC(C)(C)C)CC2=O)nc2c(C3CNCCO3)nc(Cl)nc21. The predicted molar refractivity (Wildman–Crippen MR) is 116 cm³/mol. The van der Waals surface area contributed by atoms with Gasteiger partial charge in [0.2, 0.25) is 11.2 Å². The fraction of sp³-hybridized carbons (Fsp3) is 0.650. The molecule has 2 fully saturated rings. The molecule has 2 amide bonds. The largest absolute Gasteiger partial charge is 0.444 e. The van der Waals surface area contributed by atoms with E-state index in [0.717, 1.165) is 6.54 Å². The predicted octanol–water partition coefficient (Wildman–Crippen LogP) is 1.26. The molecule has 0 bridgehead atoms. The Balaban J connectivity index is 1.52. The molecule has 11 nitrogen and oxygen atoms in total. The number of carbonyl (C=O) groups excluding carboxylic acids is 2. The Morgan fingerprint density at radius 2 is 2.06 bits per heavy atom. The Bertz CT molecular complexity index is 1030. The third-order valence-corrected chi connectivity index (χ3v) is 5.52. The molecule has 32 heavy (non-hydrogen) atoms. The molecular weight excluding hydrogens is 438 g/mol. The maximum atomic E-state index is 12.7. The monoisotopic (exact) mass is 465 g/mol. The lowest BCUT2D eigenvalue weighted by Gasteiger charge is -2.35. The number of hydrogen-bond donors (Lipinski definition) is 1. The summed E-state index contributed by atoms with van der Waals surface area (Å²) in [4.78, 5) is 41.6. The van der Waals surface area contributed by atoms with Crippen LogP contribution in [0.2, 0.25) is 5.28 Å². The fourth-order valence-corrected chi connectivity index (χ4v) is 3.91. The molecule has 1 atom stereocenters. The summed E-state index contributed by atoms with van der Waals surface area (Å²) in [7, 11) is 1.83. The molecule has 0 spiro atoms. The van der Waals surface area contributed by atoms with Crippen LogP contribution in [-0.4, -0.2) is 86.3 Å². The Morgan fingerprint density at radius 3 is 2.72 bits per heavy atom. The van der Waals surface area contributed by atoms with E-state index < -0.39 is 11.7 Å². The van der Waals surface area contributed by atoms with Crippen LogP contribution in [0.4, 0.5) is 4.79 Å². The zero-order valence-electron chi connectivity index (χ0n) is 18.7. The van der Waals surface area contributed by atoms with Crippen LogP contribution in [0.15, 0.2) is 0 Å². The van der Waals surface area contributed by atoms with Crippen LogP contribution in [0.5, 0.6) is 0 Å². The Morgan fingerprint density at radius 1 is 1.28 bits per heavy atom. The summed E-state index contributed by atoms with van der Waals surface area (Å²) < 4.78 is 13.0. The van der Waals surface area contributed by atoms with E-state index in [-0.39, 0.29) is 30.4 Å². The standard InChI is InChI=1S/C20H28ClN7O4/c1-20(2,3)32-19(30)28-7-6-27(14(29)11-28)10-13-23-16-15(12-9-22-5-8-31-12)24-18(21)25-17(16)26(13)4/h12,22H,5-11H2,1-4H3. The quantitative estimate of drug-likeness (QED) is 0.673. The van der Waals surface area contributed by atoms with Gasteiger partial charge in [0.05, 0.1) is 13.2 Å². The van der Waals surface area contributed by atoms with Crippen molar-refractivity contribution >= 4 is 34.8 Å². The number of piperazine rings is 1. The lowest BCUT2D eigenvalue weighted by molar-refractivity contribution is -0.136. The highest BCUT2D eigenvalue weighted by Crippen LogP contribution is 2.27. The molecule has 174 valence electrons. The molecule has 2 aromatic heterocycles. The van der Waals surface area contributed by atoms with Crippen LogP contribution in [0, 0.1) is 0 Å². The average Bonchev–Trinajstić information content (AvgIpc) is 3.04. The molecule has 2 aliphatic heterocycles. The third-order valence-electron chi connectivity index (χ3n) is 5.35. The number of hydrogen-bond acceptors (Lipinski definition) is 8. The zero-order chi connectivity index (χ0) is 23.0. The normalized spacial score (nSPS) is 20.2. The number of aromatic nitrogens is 4. The number of fused-ring (bicyclic) bond motifs is 1. The van der Waals surface area contributed by atoms with Crippen molar-refractivity contribution in [3.8, 4) is 0 Å². The van der Waals surface area contributed by atoms with Crippen molar-refractivity contribution in [1.29, 1.82) is 0 Å². The molecular formula is C20H28ClN7O4. The summed E-state index contributed by atoms with van der Waals surface area (Å²) in [6.45, 7) is 8.39. The number of morpholine rings is 1. The molecule has 2 saturated heterocycles. The van der Waals surface area contributed by atoms with Gasteiger partial charge in [-0.25, -0.2) is 14.8 Å². The van der Waals surface area contributed by atoms with Gasteiger partial charge in [-0.3, -0.25) is 9.69 Å². The minimum atomic E-state index is -0.609. The number of halogens is 1. The Hall–Kier alpha value is -2.50. The van der Waals surface area contributed by atoms with E-state index in [4.69, 9.17) is 26.1 Å². The van der Waals surface area contributed by atoms with Gasteiger partial charge in [-0.15, -0.1) is 0 Å². The number of imidazole rings is 1. The minimum absolute atomic E-state index is 0.0304. The van der Waals surface area contributed by atoms with Gasteiger partial charge < -0.3 is 24.3 Å². The molecule has 4 rings (SSSR count). The summed E-state index contributed by atoms with van der Waals surface area (Å²) in [5.41, 5.74) is 1.22. The lowest BCUT2D eigenvalue weighted by Crippen LogP contribution is -2.53. The van der Waals surface area contributed by atoms with E-state index in [9.17, 15) is 9.59 Å². The van der Waals surface area contributed by atoms with Crippen molar-refractivity contribution in [1.82, 2.24) is 34.6 Å². The van der Waals surface area contributed by atoms with E-state index in [2.05, 4.69) is 15.3 Å². The maximum Gasteiger partial charge on any atom is 0.410 e. The topological polar surface area (TPSA) is 115 Å². The molecule has 1 N–H and O–H groups in total. The van der Waals surface area contributed by atoms with Crippen LogP contribution < -0.4 is 5.32 Å². The van der Waals surface area contributed by atoms with Gasteiger partial charge in [0.25, 0.3) is 0 Å². The third kappa shape index (κ3) is 4.79. The van der Waals surface area contributed by atoms with Crippen LogP contribution in [-0.2, 0) is 27.9 Å². The molecule has 2 aromatic rings. The van der Waals surface area contributed by atoms with Crippen molar-refractivity contribution in [2.24, 2.45) is 7.05 Å². The first kappa shape index (κ1) is 22.7. The minimum Gasteiger partial charge on any atom is -0.444 e. The summed E-state index contributed by atoms with van der Waals surface area (Å²) >= 11 is 6.18. The highest BCUT2D eigenvalue weighted by Gasteiger charge is 2.31. The summed E-state index contributed by atoms with van der Waals surface area (Å²) in [5.74, 6) is 0.485. The van der Waals surface area contributed by atoms with E-state index in [1.165, 1.54) is 4.90 Å². The van der Waals surface area contributed by atoms with Gasteiger partial charge >= 0.3 is 6.09 Å². The van der Waals surface area contributed by atoms with Crippen molar-refractivity contribution in [2.45, 2.75) is 39.0 Å². The molecule has 0 aliphatic carbocycles. The number of nitrogens with one attached hydrogen (secondary N) is 1. The Kier molecular flexibility index (Phi) is 6.24. The van der Waals surface area contributed by atoms with Gasteiger partial charge in [0, 0.05) is 33.2 Å². The van der Waals surface area contributed by atoms with E-state index in [1.807, 2.05) is 11.6 Å². The number of ether oxygens (including phenoxy) is 2. The van der Waals surface area contributed by atoms with Crippen LogP contribution >= 0.6 is 11.6 Å². The molecule has 0 radical (unpaired) electrons. The second-order valence-corrected chi connectivity index (χ2v) is 9.26. The first-order valence-electron chi connectivity index (χ1n) is 10.6. The summed E-state index contributed by atoms with van der Waals surface area (Å²) in [5, 5.41) is 3.40. The lowest BCUT2D eigenvalue weighted by atomic mass is 10.2. The van der Waals surface area contributed by atoms with Gasteiger partial charge in [0.15, 0.2) is 5.65 Å². The number of amides is 2. The van der Waals surface area contributed by atoms with Crippen molar-refractivity contribution in [3.05, 3.63) is 16.8 Å². The highest BCUT2D eigenvalue weighted by atomic mass is 35.5. The first-order chi connectivity index (χ1) is 15.1. The number of nitrogens with zero attached hydrogens (tertiary/aromatic N) is 6. The molecule has 0 aromatic carbocycles. The molecule has 2 aliphatic rings. The zero-order valence-corrected chi connectivity index (χ0v) is 19.5. The number of carbonyl (C=O) groups is 2. The number of rotatable bonds is 3. The smallest absolute Gasteiger partial charge is 0.410 e. The van der Waals surface area contributed by atoms with E-state index in [1.54, 1.807) is 25.7 Å². The summed E-state index contributed by atoms with van der Waals surface area (Å²) in [6.07, 6.45) is -0.752. The number of aryl methyl sites for hydroxylation is 1. The van der Waals surface area contributed by atoms with Gasteiger partial charge in [-0.05, 0) is 32.4 Å². The van der Waals surface area contributed by atoms with E-state index in [0.29, 0.717) is 48.9 Å². The maximum absolute atomic E-state index is 12.7.